The summed E-state index contributed by atoms with van der Waals surface area (Å²) in [6.45, 7) is 18.3. The maximum absolute atomic E-state index is 2.52. The lowest BCUT2D eigenvalue weighted by molar-refractivity contribution is 0.557. The summed E-state index contributed by atoms with van der Waals surface area (Å²) in [5.41, 5.74) is 12.3. The minimum absolute atomic E-state index is 0.00836. The summed E-state index contributed by atoms with van der Waals surface area (Å²) >= 11 is 0. The van der Waals surface area contributed by atoms with Crippen LogP contribution in [0.3, 0.4) is 0 Å². The molecule has 0 bridgehead atoms. The summed E-state index contributed by atoms with van der Waals surface area (Å²) in [6.07, 6.45) is 0. The molecule has 1 nitrogen and oxygen atoms in total. The highest BCUT2D eigenvalue weighted by molar-refractivity contribution is 5.86. The first kappa shape index (κ1) is 19.8. The zero-order chi connectivity index (χ0) is 21.1. The number of hydrogen-bond acceptors (Lipinski definition) is 1. The van der Waals surface area contributed by atoms with E-state index in [1.807, 2.05) is 0 Å². The molecule has 0 saturated carbocycles. The van der Waals surface area contributed by atoms with Gasteiger partial charge < -0.3 is 4.90 Å². The van der Waals surface area contributed by atoms with Gasteiger partial charge in [-0.15, -0.1) is 0 Å². The number of aryl methyl sites for hydroxylation is 3. The Morgan fingerprint density at radius 2 is 1.34 bits per heavy atom. The molecule has 4 rings (SSSR count). The van der Waals surface area contributed by atoms with Gasteiger partial charge in [-0.1, -0.05) is 50.2 Å². The molecular weight excluding hydrogens is 350 g/mol. The van der Waals surface area contributed by atoms with E-state index in [0.717, 1.165) is 0 Å². The van der Waals surface area contributed by atoms with Crippen LogP contribution in [0.5, 0.6) is 0 Å². The molecule has 0 N–H and O–H groups in total. The van der Waals surface area contributed by atoms with E-state index in [1.54, 1.807) is 0 Å². The molecule has 0 heterocycles. The van der Waals surface area contributed by atoms with E-state index in [4.69, 9.17) is 0 Å². The molecule has 1 heteroatoms. The first-order valence-electron chi connectivity index (χ1n) is 10.6. The molecule has 29 heavy (non-hydrogen) atoms. The molecule has 0 amide bonds. The van der Waals surface area contributed by atoms with Crippen LogP contribution in [-0.4, -0.2) is 5.54 Å². The van der Waals surface area contributed by atoms with Gasteiger partial charge in [0.15, 0.2) is 0 Å². The first-order valence-corrected chi connectivity index (χ1v) is 10.6. The van der Waals surface area contributed by atoms with Gasteiger partial charge in [-0.2, -0.15) is 0 Å². The summed E-state index contributed by atoms with van der Waals surface area (Å²) in [5, 5.41) is 0. The molecule has 150 valence electrons. The van der Waals surface area contributed by atoms with E-state index in [2.05, 4.69) is 115 Å². The lowest BCUT2D eigenvalue weighted by Crippen LogP contribution is -2.38. The van der Waals surface area contributed by atoms with Crippen LogP contribution in [0.15, 0.2) is 54.6 Å². The second-order valence-corrected chi connectivity index (χ2v) is 10.1. The monoisotopic (exact) mass is 383 g/mol. The van der Waals surface area contributed by atoms with Crippen LogP contribution in [0, 0.1) is 20.8 Å². The van der Waals surface area contributed by atoms with Crippen LogP contribution in [0.2, 0.25) is 0 Å². The van der Waals surface area contributed by atoms with Crippen LogP contribution in [0.25, 0.3) is 11.1 Å². The maximum atomic E-state index is 2.52. The minimum Gasteiger partial charge on any atom is -0.336 e. The molecule has 0 saturated heterocycles. The Hall–Kier alpha value is -2.54. The van der Waals surface area contributed by atoms with Crippen molar-refractivity contribution < 1.29 is 0 Å². The smallest absolute Gasteiger partial charge is 0.0449 e. The molecule has 1 aliphatic rings. The van der Waals surface area contributed by atoms with E-state index >= 15 is 0 Å². The predicted molar refractivity (Wildman–Crippen MR) is 127 cm³/mol. The molecule has 0 aromatic heterocycles. The maximum Gasteiger partial charge on any atom is 0.0449 e. The molecule has 0 radical (unpaired) electrons. The number of benzene rings is 3. The highest BCUT2D eigenvalue weighted by Crippen LogP contribution is 2.52. The third-order valence-electron chi connectivity index (χ3n) is 6.49. The summed E-state index contributed by atoms with van der Waals surface area (Å²) in [5.74, 6) is 0. The third-order valence-corrected chi connectivity index (χ3v) is 6.49. The van der Waals surface area contributed by atoms with Crippen molar-refractivity contribution in [3.8, 4) is 11.1 Å². The third kappa shape index (κ3) is 2.99. The molecule has 0 aliphatic heterocycles. The normalized spacial score (nSPS) is 14.5. The molecular formula is C28H33N. The van der Waals surface area contributed by atoms with E-state index < -0.39 is 0 Å². The fourth-order valence-corrected chi connectivity index (χ4v) is 5.02. The van der Waals surface area contributed by atoms with Gasteiger partial charge in [-0.05, 0) is 98.7 Å². The molecule has 3 aromatic rings. The molecule has 0 unspecified atom stereocenters. The Morgan fingerprint density at radius 1 is 0.690 bits per heavy atom. The van der Waals surface area contributed by atoms with Gasteiger partial charge in [-0.3, -0.25) is 0 Å². The van der Waals surface area contributed by atoms with Crippen molar-refractivity contribution in [2.45, 2.75) is 66.3 Å². The number of anilines is 2. The Labute approximate surface area is 176 Å². The van der Waals surface area contributed by atoms with Crippen LogP contribution in [0.4, 0.5) is 11.4 Å². The number of para-hydroxylation sites is 1. The highest BCUT2D eigenvalue weighted by atomic mass is 15.2. The van der Waals surface area contributed by atoms with Gasteiger partial charge in [0.2, 0.25) is 0 Å². The van der Waals surface area contributed by atoms with E-state index in [0.29, 0.717) is 0 Å². The number of nitrogens with zero attached hydrogens (tertiary/aromatic N) is 1. The zero-order valence-electron chi connectivity index (χ0n) is 19.1. The first-order chi connectivity index (χ1) is 13.5. The van der Waals surface area contributed by atoms with Gasteiger partial charge in [0, 0.05) is 22.3 Å². The standard InChI is InChI=1S/C28H33N/c1-18-12-9-10-15-24(18)29(27(4,5)6)25-17-23-21(16-20(25)3)26-19(2)13-11-14-22(26)28(23,7)8/h9-17H,1-8H3. The Kier molecular flexibility index (Phi) is 4.42. The lowest BCUT2D eigenvalue weighted by Gasteiger charge is -2.40. The average Bonchev–Trinajstić information content (AvgIpc) is 2.84. The van der Waals surface area contributed by atoms with Crippen LogP contribution in [0.1, 0.15) is 62.4 Å². The fourth-order valence-electron chi connectivity index (χ4n) is 5.02. The second-order valence-electron chi connectivity index (χ2n) is 10.1. The van der Waals surface area contributed by atoms with Crippen molar-refractivity contribution in [1.29, 1.82) is 0 Å². The van der Waals surface area contributed by atoms with E-state index in [-0.39, 0.29) is 11.0 Å². The van der Waals surface area contributed by atoms with Crippen molar-refractivity contribution in [3.63, 3.8) is 0 Å². The fraction of sp³-hybridized carbons (Fsp3) is 0.357. The van der Waals surface area contributed by atoms with Gasteiger partial charge in [0.25, 0.3) is 0 Å². The summed E-state index contributed by atoms with van der Waals surface area (Å²) in [6, 6.07) is 20.3. The molecule has 1 aliphatic carbocycles. The average molecular weight is 384 g/mol. The Balaban J connectivity index is 1.99. The van der Waals surface area contributed by atoms with Crippen LogP contribution in [-0.2, 0) is 5.41 Å². The Morgan fingerprint density at radius 3 is 2.00 bits per heavy atom. The summed E-state index contributed by atoms with van der Waals surface area (Å²) < 4.78 is 0. The van der Waals surface area contributed by atoms with Gasteiger partial charge in [0.05, 0.1) is 0 Å². The number of hydrogen-bond donors (Lipinski definition) is 0. The minimum atomic E-state index is -0.0311. The second kappa shape index (κ2) is 6.49. The summed E-state index contributed by atoms with van der Waals surface area (Å²) in [4.78, 5) is 2.52. The SMILES string of the molecule is Cc1ccccc1N(c1cc2c(cc1C)-c1c(C)cccc1C2(C)C)C(C)(C)C. The number of fused-ring (bicyclic) bond motifs is 3. The van der Waals surface area contributed by atoms with Crippen molar-refractivity contribution in [2.75, 3.05) is 4.90 Å². The highest BCUT2D eigenvalue weighted by Gasteiger charge is 2.38. The number of rotatable bonds is 2. The molecule has 0 atom stereocenters. The molecule has 0 fully saturated rings. The quantitative estimate of drug-likeness (QED) is 0.435. The van der Waals surface area contributed by atoms with Gasteiger partial charge in [-0.25, -0.2) is 0 Å². The van der Waals surface area contributed by atoms with Crippen LogP contribution < -0.4 is 4.90 Å². The predicted octanol–water partition coefficient (Wildman–Crippen LogP) is 7.85. The molecule has 0 spiro atoms. The van der Waals surface area contributed by atoms with Gasteiger partial charge >= 0.3 is 0 Å². The van der Waals surface area contributed by atoms with Crippen LogP contribution >= 0.6 is 0 Å². The van der Waals surface area contributed by atoms with Gasteiger partial charge in [0.1, 0.15) is 0 Å². The van der Waals surface area contributed by atoms with Crippen molar-refractivity contribution in [1.82, 2.24) is 0 Å². The Bertz CT molecular complexity index is 1100. The van der Waals surface area contributed by atoms with Crippen molar-refractivity contribution >= 4 is 11.4 Å². The topological polar surface area (TPSA) is 3.24 Å². The van der Waals surface area contributed by atoms with Crippen molar-refractivity contribution in [2.24, 2.45) is 0 Å². The molecule has 3 aromatic carbocycles. The lowest BCUT2D eigenvalue weighted by atomic mass is 9.81. The zero-order valence-corrected chi connectivity index (χ0v) is 19.1. The largest absolute Gasteiger partial charge is 0.336 e. The van der Waals surface area contributed by atoms with Crippen molar-refractivity contribution in [3.05, 3.63) is 82.4 Å². The van der Waals surface area contributed by atoms with E-state index in [1.165, 1.54) is 50.3 Å². The van der Waals surface area contributed by atoms with E-state index in [9.17, 15) is 0 Å². The summed E-state index contributed by atoms with van der Waals surface area (Å²) in [7, 11) is 0.